The summed E-state index contributed by atoms with van der Waals surface area (Å²) in [6, 6.07) is 3.67. The number of nitrogens with two attached hydrogens (primary N) is 1. The fourth-order valence-electron chi connectivity index (χ4n) is 1.26. The first-order chi connectivity index (χ1) is 7.87. The molecule has 0 saturated carbocycles. The maximum absolute atomic E-state index is 10.9. The standard InChI is InChI=1S/C11H18N2O3S/c1-9(12)7-10-3-4-11(8-13-10)16-5-6-17(2,14)15/h3-4,8-9H,5-7,12H2,1-2H3. The number of aromatic nitrogens is 1. The maximum atomic E-state index is 10.9. The minimum absolute atomic E-state index is 0.00852. The Kier molecular flexibility index (Phi) is 4.89. The summed E-state index contributed by atoms with van der Waals surface area (Å²) < 4.78 is 27.0. The molecule has 0 amide bonds. The number of pyridine rings is 1. The van der Waals surface area contributed by atoms with E-state index in [1.54, 1.807) is 12.3 Å². The van der Waals surface area contributed by atoms with Crippen LogP contribution in [0.25, 0.3) is 0 Å². The number of hydrogen-bond donors (Lipinski definition) is 1. The molecule has 0 aliphatic carbocycles. The molecular weight excluding hydrogens is 240 g/mol. The van der Waals surface area contributed by atoms with Crippen molar-refractivity contribution in [3.63, 3.8) is 0 Å². The van der Waals surface area contributed by atoms with Crippen LogP contribution in [0, 0.1) is 0 Å². The lowest BCUT2D eigenvalue weighted by atomic mass is 10.2. The fourth-order valence-corrected chi connectivity index (χ4v) is 1.64. The molecule has 0 aromatic carbocycles. The van der Waals surface area contributed by atoms with E-state index in [1.165, 1.54) is 6.26 Å². The normalized spacial score (nSPS) is 13.4. The highest BCUT2D eigenvalue weighted by Gasteiger charge is 2.03. The third-order valence-electron chi connectivity index (χ3n) is 2.05. The Balaban J connectivity index is 2.46. The van der Waals surface area contributed by atoms with E-state index in [9.17, 15) is 8.42 Å². The molecule has 1 atom stereocenters. The molecule has 1 rings (SSSR count). The zero-order valence-corrected chi connectivity index (χ0v) is 10.9. The van der Waals surface area contributed by atoms with Crippen LogP contribution in [-0.4, -0.2) is 38.1 Å². The van der Waals surface area contributed by atoms with Crippen LogP contribution in [0.3, 0.4) is 0 Å². The van der Waals surface area contributed by atoms with Crippen LogP contribution in [-0.2, 0) is 16.3 Å². The molecule has 1 unspecified atom stereocenters. The molecule has 5 nitrogen and oxygen atoms in total. The van der Waals surface area contributed by atoms with Crippen LogP contribution in [0.1, 0.15) is 12.6 Å². The van der Waals surface area contributed by atoms with E-state index in [0.717, 1.165) is 5.69 Å². The van der Waals surface area contributed by atoms with Crippen molar-refractivity contribution >= 4 is 9.84 Å². The molecular formula is C11H18N2O3S. The minimum Gasteiger partial charge on any atom is -0.491 e. The average molecular weight is 258 g/mol. The van der Waals surface area contributed by atoms with Gasteiger partial charge in [0.1, 0.15) is 12.4 Å². The average Bonchev–Trinajstić information content (AvgIpc) is 2.18. The van der Waals surface area contributed by atoms with E-state index in [4.69, 9.17) is 10.5 Å². The second kappa shape index (κ2) is 5.97. The van der Waals surface area contributed by atoms with Crippen LogP contribution >= 0.6 is 0 Å². The van der Waals surface area contributed by atoms with E-state index in [-0.39, 0.29) is 18.4 Å². The number of ether oxygens (including phenoxy) is 1. The Hall–Kier alpha value is -1.14. The Morgan fingerprint density at radius 1 is 1.47 bits per heavy atom. The molecule has 1 aromatic rings. The van der Waals surface area contributed by atoms with E-state index < -0.39 is 9.84 Å². The zero-order valence-electron chi connectivity index (χ0n) is 10.1. The van der Waals surface area contributed by atoms with Gasteiger partial charge in [-0.05, 0) is 19.1 Å². The molecule has 0 spiro atoms. The summed E-state index contributed by atoms with van der Waals surface area (Å²) in [6.45, 7) is 2.06. The monoisotopic (exact) mass is 258 g/mol. The molecule has 0 aliphatic rings. The van der Waals surface area contributed by atoms with Crippen LogP contribution in [0.2, 0.25) is 0 Å². The van der Waals surface area contributed by atoms with Gasteiger partial charge in [-0.2, -0.15) is 0 Å². The molecule has 0 radical (unpaired) electrons. The summed E-state index contributed by atoms with van der Waals surface area (Å²) in [5.74, 6) is 0.580. The highest BCUT2D eigenvalue weighted by molar-refractivity contribution is 7.90. The number of rotatable bonds is 6. The first-order valence-corrected chi connectivity index (χ1v) is 7.44. The maximum Gasteiger partial charge on any atom is 0.150 e. The topological polar surface area (TPSA) is 82.3 Å². The summed E-state index contributed by atoms with van der Waals surface area (Å²) in [6.07, 6.45) is 3.48. The van der Waals surface area contributed by atoms with Gasteiger partial charge in [-0.15, -0.1) is 0 Å². The molecule has 0 aliphatic heterocycles. The van der Waals surface area contributed by atoms with Gasteiger partial charge >= 0.3 is 0 Å². The van der Waals surface area contributed by atoms with Crippen LogP contribution < -0.4 is 10.5 Å². The van der Waals surface area contributed by atoms with Gasteiger partial charge in [-0.3, -0.25) is 4.98 Å². The van der Waals surface area contributed by atoms with Gasteiger partial charge < -0.3 is 10.5 Å². The van der Waals surface area contributed by atoms with Crippen molar-refractivity contribution in [3.8, 4) is 5.75 Å². The fraction of sp³-hybridized carbons (Fsp3) is 0.545. The van der Waals surface area contributed by atoms with E-state index in [1.807, 2.05) is 13.0 Å². The van der Waals surface area contributed by atoms with Gasteiger partial charge in [-0.25, -0.2) is 8.42 Å². The van der Waals surface area contributed by atoms with Gasteiger partial charge in [0, 0.05) is 24.4 Å². The Bertz CT molecular complexity index is 440. The molecule has 1 heterocycles. The Morgan fingerprint density at radius 3 is 2.65 bits per heavy atom. The molecule has 1 aromatic heterocycles. The SMILES string of the molecule is CC(N)Cc1ccc(OCCS(C)(=O)=O)cn1. The summed E-state index contributed by atoms with van der Waals surface area (Å²) >= 11 is 0. The highest BCUT2D eigenvalue weighted by Crippen LogP contribution is 2.10. The van der Waals surface area contributed by atoms with E-state index >= 15 is 0 Å². The van der Waals surface area contributed by atoms with Gasteiger partial charge in [0.15, 0.2) is 9.84 Å². The van der Waals surface area contributed by atoms with Gasteiger partial charge in [0.25, 0.3) is 0 Å². The molecule has 6 heteroatoms. The number of sulfone groups is 1. The Morgan fingerprint density at radius 2 is 2.18 bits per heavy atom. The number of hydrogen-bond acceptors (Lipinski definition) is 5. The first kappa shape index (κ1) is 13.9. The molecule has 96 valence electrons. The summed E-state index contributed by atoms with van der Waals surface area (Å²) in [5.41, 5.74) is 6.55. The molecule has 2 N–H and O–H groups in total. The zero-order chi connectivity index (χ0) is 12.9. The summed E-state index contributed by atoms with van der Waals surface area (Å²) in [4.78, 5) is 4.18. The van der Waals surface area contributed by atoms with Crippen molar-refractivity contribution in [1.82, 2.24) is 4.98 Å². The lowest BCUT2D eigenvalue weighted by molar-refractivity contribution is 0.339. The second-order valence-corrected chi connectivity index (χ2v) is 6.40. The predicted octanol–water partition coefficient (Wildman–Crippen LogP) is 0.395. The van der Waals surface area contributed by atoms with Gasteiger partial charge in [0.2, 0.25) is 0 Å². The lowest BCUT2D eigenvalue weighted by Crippen LogP contribution is -2.18. The van der Waals surface area contributed by atoms with Crippen LogP contribution in [0.15, 0.2) is 18.3 Å². The van der Waals surface area contributed by atoms with Crippen molar-refractivity contribution in [3.05, 3.63) is 24.0 Å². The van der Waals surface area contributed by atoms with Gasteiger partial charge in [-0.1, -0.05) is 0 Å². The Labute approximate surface area is 102 Å². The molecule has 17 heavy (non-hydrogen) atoms. The molecule has 0 saturated heterocycles. The smallest absolute Gasteiger partial charge is 0.150 e. The van der Waals surface area contributed by atoms with Crippen molar-refractivity contribution in [2.45, 2.75) is 19.4 Å². The van der Waals surface area contributed by atoms with Crippen molar-refractivity contribution in [1.29, 1.82) is 0 Å². The third-order valence-corrected chi connectivity index (χ3v) is 2.96. The minimum atomic E-state index is -2.98. The van der Waals surface area contributed by atoms with Crippen LogP contribution in [0.5, 0.6) is 5.75 Å². The largest absolute Gasteiger partial charge is 0.491 e. The first-order valence-electron chi connectivity index (χ1n) is 5.38. The van der Waals surface area contributed by atoms with Crippen molar-refractivity contribution < 1.29 is 13.2 Å². The quantitative estimate of drug-likeness (QED) is 0.798. The lowest BCUT2D eigenvalue weighted by Gasteiger charge is -2.07. The number of nitrogens with zero attached hydrogens (tertiary/aromatic N) is 1. The van der Waals surface area contributed by atoms with E-state index in [2.05, 4.69) is 4.98 Å². The highest BCUT2D eigenvalue weighted by atomic mass is 32.2. The summed E-state index contributed by atoms with van der Waals surface area (Å²) in [5, 5.41) is 0. The van der Waals surface area contributed by atoms with E-state index in [0.29, 0.717) is 12.2 Å². The van der Waals surface area contributed by atoms with Crippen molar-refractivity contribution in [2.24, 2.45) is 5.73 Å². The molecule has 0 fully saturated rings. The predicted molar refractivity (Wildman–Crippen MR) is 66.8 cm³/mol. The van der Waals surface area contributed by atoms with Gasteiger partial charge in [0.05, 0.1) is 11.9 Å². The second-order valence-electron chi connectivity index (χ2n) is 4.14. The molecule has 0 bridgehead atoms. The summed E-state index contributed by atoms with van der Waals surface area (Å²) in [7, 11) is -2.98. The van der Waals surface area contributed by atoms with Crippen LogP contribution in [0.4, 0.5) is 0 Å². The third kappa shape index (κ3) is 6.23. The van der Waals surface area contributed by atoms with Crippen molar-refractivity contribution in [2.75, 3.05) is 18.6 Å².